The maximum atomic E-state index is 5.41. The van der Waals surface area contributed by atoms with Gasteiger partial charge in [-0.05, 0) is 19.4 Å². The van der Waals surface area contributed by atoms with Crippen LogP contribution in [0.2, 0.25) is 0 Å². The van der Waals surface area contributed by atoms with Crippen molar-refractivity contribution in [2.75, 3.05) is 19.6 Å². The van der Waals surface area contributed by atoms with E-state index in [0.29, 0.717) is 6.04 Å². The topological polar surface area (TPSA) is 15.3 Å². The smallest absolute Gasteiger partial charge is 0.0474 e. The zero-order chi connectivity index (χ0) is 13.0. The highest BCUT2D eigenvalue weighted by molar-refractivity contribution is 5.20. The number of nitrogens with zero attached hydrogens (tertiary/aromatic N) is 1. The van der Waals surface area contributed by atoms with E-state index in [1.54, 1.807) is 0 Å². The highest BCUT2D eigenvalue weighted by Crippen LogP contribution is 2.26. The first-order chi connectivity index (χ1) is 8.62. The van der Waals surface area contributed by atoms with Crippen molar-refractivity contribution >= 4 is 0 Å². The predicted octanol–water partition coefficient (Wildman–Crippen LogP) is 2.43. The minimum absolute atomic E-state index is 0.167. The van der Waals surface area contributed by atoms with Gasteiger partial charge in [0.25, 0.3) is 0 Å². The standard InChI is InChI=1S/C16H22N2/c1-4-5-11-18-13-16(2,3)17-12-15(18)14-9-7-6-8-10-14/h1,6-10,15,17H,5,11-13H2,2-3H3. The number of terminal acetylenes is 1. The Labute approximate surface area is 110 Å². The number of hydrogen-bond donors (Lipinski definition) is 1. The average Bonchev–Trinajstić information content (AvgIpc) is 2.36. The van der Waals surface area contributed by atoms with Crippen molar-refractivity contribution in [1.82, 2.24) is 10.2 Å². The lowest BCUT2D eigenvalue weighted by Gasteiger charge is -2.44. The van der Waals surface area contributed by atoms with E-state index in [1.165, 1.54) is 5.56 Å². The second-order valence-electron chi connectivity index (χ2n) is 5.62. The van der Waals surface area contributed by atoms with Gasteiger partial charge < -0.3 is 5.32 Å². The van der Waals surface area contributed by atoms with Crippen molar-refractivity contribution in [1.29, 1.82) is 0 Å². The van der Waals surface area contributed by atoms with E-state index in [9.17, 15) is 0 Å². The van der Waals surface area contributed by atoms with Gasteiger partial charge in [-0.1, -0.05) is 30.3 Å². The van der Waals surface area contributed by atoms with Crippen LogP contribution in [0.3, 0.4) is 0 Å². The Morgan fingerprint density at radius 3 is 2.78 bits per heavy atom. The fourth-order valence-electron chi connectivity index (χ4n) is 2.62. The fourth-order valence-corrected chi connectivity index (χ4v) is 2.62. The van der Waals surface area contributed by atoms with Crippen LogP contribution in [0.4, 0.5) is 0 Å². The third-order valence-electron chi connectivity index (χ3n) is 3.54. The minimum Gasteiger partial charge on any atom is -0.309 e. The van der Waals surface area contributed by atoms with E-state index in [0.717, 1.165) is 26.1 Å². The molecule has 1 aromatic rings. The minimum atomic E-state index is 0.167. The maximum Gasteiger partial charge on any atom is 0.0474 e. The summed E-state index contributed by atoms with van der Waals surface area (Å²) in [5, 5.41) is 3.62. The Balaban J connectivity index is 2.15. The fraction of sp³-hybridized carbons (Fsp3) is 0.500. The molecule has 2 nitrogen and oxygen atoms in total. The quantitative estimate of drug-likeness (QED) is 0.819. The molecule has 2 rings (SSSR count). The summed E-state index contributed by atoms with van der Waals surface area (Å²) in [6.07, 6.45) is 6.22. The molecule has 0 aliphatic carbocycles. The van der Waals surface area contributed by atoms with Gasteiger partial charge in [-0.15, -0.1) is 12.3 Å². The van der Waals surface area contributed by atoms with E-state index >= 15 is 0 Å². The third kappa shape index (κ3) is 3.13. The molecule has 1 heterocycles. The Hall–Kier alpha value is -1.30. The highest BCUT2D eigenvalue weighted by Gasteiger charge is 2.32. The molecule has 1 atom stereocenters. The van der Waals surface area contributed by atoms with Crippen LogP contribution in [0.5, 0.6) is 0 Å². The average molecular weight is 242 g/mol. The largest absolute Gasteiger partial charge is 0.309 e. The molecule has 18 heavy (non-hydrogen) atoms. The molecule has 0 amide bonds. The van der Waals surface area contributed by atoms with E-state index in [2.05, 4.69) is 60.3 Å². The van der Waals surface area contributed by atoms with Crippen molar-refractivity contribution in [2.24, 2.45) is 0 Å². The molecule has 2 heteroatoms. The molecule has 1 unspecified atom stereocenters. The maximum absolute atomic E-state index is 5.41. The zero-order valence-corrected chi connectivity index (χ0v) is 11.3. The summed E-state index contributed by atoms with van der Waals surface area (Å²) in [6.45, 7) is 7.49. The molecule has 0 spiro atoms. The van der Waals surface area contributed by atoms with Crippen LogP contribution in [0.25, 0.3) is 0 Å². The van der Waals surface area contributed by atoms with Crippen LogP contribution in [0.1, 0.15) is 31.9 Å². The first-order valence-electron chi connectivity index (χ1n) is 6.60. The molecular weight excluding hydrogens is 220 g/mol. The summed E-state index contributed by atoms with van der Waals surface area (Å²) in [6, 6.07) is 11.1. The molecule has 1 aromatic carbocycles. The van der Waals surface area contributed by atoms with Gasteiger partial charge in [0.15, 0.2) is 0 Å². The van der Waals surface area contributed by atoms with Gasteiger partial charge in [0.1, 0.15) is 0 Å². The molecule has 96 valence electrons. The van der Waals surface area contributed by atoms with E-state index < -0.39 is 0 Å². The van der Waals surface area contributed by atoms with Gasteiger partial charge in [-0.25, -0.2) is 0 Å². The van der Waals surface area contributed by atoms with Crippen molar-refractivity contribution in [2.45, 2.75) is 31.8 Å². The lowest BCUT2D eigenvalue weighted by molar-refractivity contribution is 0.0975. The Kier molecular flexibility index (Phi) is 4.06. The zero-order valence-electron chi connectivity index (χ0n) is 11.3. The van der Waals surface area contributed by atoms with Gasteiger partial charge in [0.2, 0.25) is 0 Å². The number of nitrogens with one attached hydrogen (secondary N) is 1. The van der Waals surface area contributed by atoms with Gasteiger partial charge >= 0.3 is 0 Å². The summed E-state index contributed by atoms with van der Waals surface area (Å²) in [4.78, 5) is 2.51. The van der Waals surface area contributed by atoms with Crippen LogP contribution in [0.15, 0.2) is 30.3 Å². The summed E-state index contributed by atoms with van der Waals surface area (Å²) in [5.41, 5.74) is 1.54. The molecule has 1 aliphatic rings. The summed E-state index contributed by atoms with van der Waals surface area (Å²) in [5.74, 6) is 2.75. The summed E-state index contributed by atoms with van der Waals surface area (Å²) in [7, 11) is 0. The number of hydrogen-bond acceptors (Lipinski definition) is 2. The van der Waals surface area contributed by atoms with E-state index in [1.807, 2.05) is 0 Å². The summed E-state index contributed by atoms with van der Waals surface area (Å²) < 4.78 is 0. The van der Waals surface area contributed by atoms with Crippen molar-refractivity contribution in [3.63, 3.8) is 0 Å². The Morgan fingerprint density at radius 1 is 1.39 bits per heavy atom. The summed E-state index contributed by atoms with van der Waals surface area (Å²) >= 11 is 0. The molecular formula is C16H22N2. The number of benzene rings is 1. The first kappa shape index (κ1) is 13.1. The molecule has 0 radical (unpaired) electrons. The van der Waals surface area contributed by atoms with Gasteiger partial charge in [0.05, 0.1) is 0 Å². The van der Waals surface area contributed by atoms with E-state index in [4.69, 9.17) is 6.42 Å². The van der Waals surface area contributed by atoms with Crippen molar-refractivity contribution in [3.8, 4) is 12.3 Å². The molecule has 0 saturated carbocycles. The predicted molar refractivity (Wildman–Crippen MR) is 76.3 cm³/mol. The first-order valence-corrected chi connectivity index (χ1v) is 6.60. The molecule has 1 aliphatic heterocycles. The lowest BCUT2D eigenvalue weighted by Crippen LogP contribution is -2.58. The number of piperazine rings is 1. The highest BCUT2D eigenvalue weighted by atomic mass is 15.2. The second kappa shape index (κ2) is 5.56. The van der Waals surface area contributed by atoms with Crippen LogP contribution >= 0.6 is 0 Å². The third-order valence-corrected chi connectivity index (χ3v) is 3.54. The molecule has 0 bridgehead atoms. The van der Waals surface area contributed by atoms with Gasteiger partial charge in [-0.3, -0.25) is 4.90 Å². The molecule has 1 saturated heterocycles. The molecule has 1 fully saturated rings. The Morgan fingerprint density at radius 2 is 2.11 bits per heavy atom. The van der Waals surface area contributed by atoms with Crippen molar-refractivity contribution < 1.29 is 0 Å². The van der Waals surface area contributed by atoms with Crippen LogP contribution in [0, 0.1) is 12.3 Å². The second-order valence-corrected chi connectivity index (χ2v) is 5.62. The monoisotopic (exact) mass is 242 g/mol. The van der Waals surface area contributed by atoms with Crippen molar-refractivity contribution in [3.05, 3.63) is 35.9 Å². The van der Waals surface area contributed by atoms with Crippen LogP contribution < -0.4 is 5.32 Å². The molecule has 0 aromatic heterocycles. The van der Waals surface area contributed by atoms with Crippen LogP contribution in [-0.4, -0.2) is 30.1 Å². The van der Waals surface area contributed by atoms with Crippen LogP contribution in [-0.2, 0) is 0 Å². The Bertz CT molecular complexity index is 416. The SMILES string of the molecule is C#CCCN1CC(C)(C)NCC1c1ccccc1. The normalized spacial score (nSPS) is 23.5. The van der Waals surface area contributed by atoms with E-state index in [-0.39, 0.29) is 5.54 Å². The lowest BCUT2D eigenvalue weighted by atomic mass is 9.94. The molecule has 1 N–H and O–H groups in total. The van der Waals surface area contributed by atoms with Gasteiger partial charge in [0, 0.05) is 37.6 Å². The number of rotatable bonds is 3. The van der Waals surface area contributed by atoms with Gasteiger partial charge in [-0.2, -0.15) is 0 Å².